The first-order valence-corrected chi connectivity index (χ1v) is 5.62. The van der Waals surface area contributed by atoms with E-state index in [-0.39, 0.29) is 0 Å². The SMILES string of the molecule is [Li][CH2]/C(C)=C/CN(CCC)CCC. The molecule has 2 heteroatoms. The maximum absolute atomic E-state index is 2.53. The van der Waals surface area contributed by atoms with E-state index < -0.39 is 0 Å². The molecule has 0 saturated carbocycles. The molecule has 0 aliphatic rings. The molecule has 13 heavy (non-hydrogen) atoms. The summed E-state index contributed by atoms with van der Waals surface area (Å²) in [7, 11) is 0. The summed E-state index contributed by atoms with van der Waals surface area (Å²) in [4.78, 5) is 2.53. The van der Waals surface area contributed by atoms with E-state index in [1.54, 1.807) is 0 Å². The second-order valence-electron chi connectivity index (χ2n) is 3.70. The number of hydrogen-bond donors (Lipinski definition) is 0. The van der Waals surface area contributed by atoms with Crippen molar-refractivity contribution in [3.05, 3.63) is 11.6 Å². The van der Waals surface area contributed by atoms with Crippen LogP contribution in [0, 0.1) is 0 Å². The van der Waals surface area contributed by atoms with Crippen LogP contribution in [0.4, 0.5) is 0 Å². The van der Waals surface area contributed by atoms with Gasteiger partial charge >= 0.3 is 92.6 Å². The monoisotopic (exact) mass is 175 g/mol. The molecule has 0 aliphatic carbocycles. The van der Waals surface area contributed by atoms with Crippen LogP contribution in [-0.2, 0) is 0 Å². The van der Waals surface area contributed by atoms with Gasteiger partial charge in [0.25, 0.3) is 0 Å². The van der Waals surface area contributed by atoms with E-state index in [4.69, 9.17) is 0 Å². The molecule has 0 atom stereocenters. The van der Waals surface area contributed by atoms with Crippen molar-refractivity contribution in [1.29, 1.82) is 0 Å². The van der Waals surface area contributed by atoms with Crippen LogP contribution in [0.1, 0.15) is 33.6 Å². The molecule has 0 N–H and O–H groups in total. The Bertz CT molecular complexity index is 137. The zero-order valence-corrected chi connectivity index (χ0v) is 9.77. The van der Waals surface area contributed by atoms with Gasteiger partial charge in [-0.05, 0) is 0 Å². The fraction of sp³-hybridized carbons (Fsp3) is 0.818. The van der Waals surface area contributed by atoms with Gasteiger partial charge in [-0.3, -0.25) is 0 Å². The topological polar surface area (TPSA) is 3.24 Å². The fourth-order valence-corrected chi connectivity index (χ4v) is 1.36. The molecule has 0 fully saturated rings. The van der Waals surface area contributed by atoms with Gasteiger partial charge in [-0.15, -0.1) is 0 Å². The first-order chi connectivity index (χ1) is 6.24. The van der Waals surface area contributed by atoms with Crippen molar-refractivity contribution in [2.45, 2.75) is 38.7 Å². The Kier molecular flexibility index (Phi) is 9.08. The van der Waals surface area contributed by atoms with E-state index in [9.17, 15) is 0 Å². The van der Waals surface area contributed by atoms with Gasteiger partial charge < -0.3 is 0 Å². The second kappa shape index (κ2) is 8.88. The second-order valence-corrected chi connectivity index (χ2v) is 3.70. The van der Waals surface area contributed by atoms with E-state index in [0.29, 0.717) is 0 Å². The Morgan fingerprint density at radius 2 is 1.77 bits per heavy atom. The van der Waals surface area contributed by atoms with Gasteiger partial charge in [-0.2, -0.15) is 0 Å². The van der Waals surface area contributed by atoms with Crippen LogP contribution in [0.25, 0.3) is 0 Å². The van der Waals surface area contributed by atoms with Gasteiger partial charge in [-0.25, -0.2) is 0 Å². The van der Waals surface area contributed by atoms with E-state index in [2.05, 4.69) is 49.5 Å². The summed E-state index contributed by atoms with van der Waals surface area (Å²) in [5.74, 6) is 0. The third-order valence-electron chi connectivity index (χ3n) is 2.34. The molecule has 0 amide bonds. The Balaban J connectivity index is 3.79. The summed E-state index contributed by atoms with van der Waals surface area (Å²) in [6, 6.07) is 0. The minimum absolute atomic E-state index is 1.14. The summed E-state index contributed by atoms with van der Waals surface area (Å²) in [6.45, 7) is 10.3. The standard InChI is InChI=1S/C11H22N.Li/c1-5-8-12(9-6-2)10-7-11(3)4;/h7H,3,5-6,8-10H2,1-2,4H3;/b11-7-;. The van der Waals surface area contributed by atoms with Crippen molar-refractivity contribution in [3.8, 4) is 0 Å². The zero-order valence-electron chi connectivity index (χ0n) is 9.77. The fourth-order valence-electron chi connectivity index (χ4n) is 1.36. The molecule has 0 bridgehead atoms. The Morgan fingerprint density at radius 3 is 2.15 bits per heavy atom. The van der Waals surface area contributed by atoms with E-state index >= 15 is 0 Å². The molecule has 0 spiro atoms. The molecule has 1 nitrogen and oxygen atoms in total. The normalized spacial score (nSPS) is 12.6. The third kappa shape index (κ3) is 7.37. The van der Waals surface area contributed by atoms with Crippen LogP contribution in [0.2, 0.25) is 5.09 Å². The summed E-state index contributed by atoms with van der Waals surface area (Å²) in [6.07, 6.45) is 4.89. The molecule has 0 rings (SSSR count). The molecule has 0 radical (unpaired) electrons. The van der Waals surface area contributed by atoms with Crippen molar-refractivity contribution >= 4 is 17.7 Å². The quantitative estimate of drug-likeness (QED) is 0.424. The summed E-state index contributed by atoms with van der Waals surface area (Å²) < 4.78 is 0. The van der Waals surface area contributed by atoms with Gasteiger partial charge in [-0.1, -0.05) is 0 Å². The number of nitrogens with zero attached hydrogens (tertiary/aromatic N) is 1. The zero-order chi connectivity index (χ0) is 10.1. The van der Waals surface area contributed by atoms with Crippen molar-refractivity contribution in [3.63, 3.8) is 0 Å². The van der Waals surface area contributed by atoms with E-state index in [0.717, 1.165) is 6.54 Å². The number of rotatable bonds is 7. The first-order valence-electron chi connectivity index (χ1n) is 5.62. The van der Waals surface area contributed by atoms with Crippen molar-refractivity contribution < 1.29 is 0 Å². The van der Waals surface area contributed by atoms with Crippen LogP contribution < -0.4 is 0 Å². The Hall–Kier alpha value is 0.297. The summed E-state index contributed by atoms with van der Waals surface area (Å²) in [5, 5.41) is 1.19. The van der Waals surface area contributed by atoms with Gasteiger partial charge in [0.15, 0.2) is 0 Å². The molecule has 72 valence electrons. The van der Waals surface area contributed by atoms with E-state index in [1.807, 2.05) is 0 Å². The van der Waals surface area contributed by atoms with Crippen molar-refractivity contribution in [1.82, 2.24) is 4.90 Å². The third-order valence-corrected chi connectivity index (χ3v) is 2.34. The molecule has 0 saturated heterocycles. The first kappa shape index (κ1) is 13.3. The number of allylic oxidation sites excluding steroid dienone is 1. The Labute approximate surface area is 92.8 Å². The molecule has 0 aliphatic heterocycles. The maximum atomic E-state index is 2.53. The van der Waals surface area contributed by atoms with Crippen molar-refractivity contribution in [2.24, 2.45) is 0 Å². The predicted octanol–water partition coefficient (Wildman–Crippen LogP) is 2.64. The van der Waals surface area contributed by atoms with Crippen LogP contribution in [0.3, 0.4) is 0 Å². The molecule has 0 unspecified atom stereocenters. The molecule has 0 aromatic carbocycles. The molecular weight excluding hydrogens is 153 g/mol. The van der Waals surface area contributed by atoms with E-state index in [1.165, 1.54) is 36.6 Å². The average Bonchev–Trinajstić information content (AvgIpc) is 2.14. The van der Waals surface area contributed by atoms with Gasteiger partial charge in [0, 0.05) is 0 Å². The predicted molar refractivity (Wildman–Crippen MR) is 61.3 cm³/mol. The number of hydrogen-bond acceptors (Lipinski definition) is 1. The van der Waals surface area contributed by atoms with Crippen LogP contribution >= 0.6 is 0 Å². The van der Waals surface area contributed by atoms with Gasteiger partial charge in [0.1, 0.15) is 0 Å². The van der Waals surface area contributed by atoms with Crippen LogP contribution in [0.5, 0.6) is 0 Å². The van der Waals surface area contributed by atoms with Crippen molar-refractivity contribution in [2.75, 3.05) is 19.6 Å². The molecule has 0 aromatic rings. The summed E-state index contributed by atoms with van der Waals surface area (Å²) in [5.41, 5.74) is 1.51. The molecule has 0 aromatic heterocycles. The average molecular weight is 175 g/mol. The van der Waals surface area contributed by atoms with Gasteiger partial charge in [0.05, 0.1) is 0 Å². The molecule has 0 heterocycles. The molecular formula is C11H22LiN. The van der Waals surface area contributed by atoms with Gasteiger partial charge in [0.2, 0.25) is 0 Å². The Morgan fingerprint density at radius 1 is 1.23 bits per heavy atom. The minimum atomic E-state index is 1.14. The van der Waals surface area contributed by atoms with Crippen LogP contribution in [0.15, 0.2) is 11.6 Å². The van der Waals surface area contributed by atoms with Crippen LogP contribution in [-0.4, -0.2) is 42.2 Å². The summed E-state index contributed by atoms with van der Waals surface area (Å²) >= 11 is 2.22.